The van der Waals surface area contributed by atoms with E-state index in [-0.39, 0.29) is 0 Å². The first-order chi connectivity index (χ1) is 11.2. The van der Waals surface area contributed by atoms with Crippen LogP contribution in [-0.4, -0.2) is 9.52 Å². The molecule has 0 aliphatic rings. The van der Waals surface area contributed by atoms with Crippen LogP contribution in [0.5, 0.6) is 0 Å². The summed E-state index contributed by atoms with van der Waals surface area (Å²) in [5.74, 6) is 1.36. The molecule has 0 bridgehead atoms. The van der Waals surface area contributed by atoms with Gasteiger partial charge in [0.2, 0.25) is 0 Å². The van der Waals surface area contributed by atoms with Crippen LogP contribution in [0, 0.1) is 13.8 Å². The number of hydrogen-bond donors (Lipinski definition) is 0. The summed E-state index contributed by atoms with van der Waals surface area (Å²) in [5, 5.41) is 0. The topological polar surface area (TPSA) is 0 Å². The summed E-state index contributed by atoms with van der Waals surface area (Å²) in [5.41, 5.74) is 5.65. The summed E-state index contributed by atoms with van der Waals surface area (Å²) in [4.78, 5) is 0. The molecule has 2 aromatic rings. The van der Waals surface area contributed by atoms with Crippen LogP contribution in [0.3, 0.4) is 0 Å². The van der Waals surface area contributed by atoms with E-state index in [1.54, 1.807) is 0 Å². The summed E-state index contributed by atoms with van der Waals surface area (Å²) >= 11 is -0.556. The fraction of sp³-hybridized carbons (Fsp3) is 0.500. The zero-order valence-electron chi connectivity index (χ0n) is 16.5. The van der Waals surface area contributed by atoms with Crippen LogP contribution in [0.1, 0.15) is 61.8 Å². The first kappa shape index (κ1) is 26.4. The summed E-state index contributed by atoms with van der Waals surface area (Å²) < 4.78 is 0. The van der Waals surface area contributed by atoms with Crippen molar-refractivity contribution in [3.05, 3.63) is 58.7 Å². The normalized spacial score (nSPS) is 9.33. The summed E-state index contributed by atoms with van der Waals surface area (Å²) in [6.45, 7) is 17.5. The van der Waals surface area contributed by atoms with Crippen LogP contribution in [0.25, 0.3) is 0 Å². The number of halogens is 2. The van der Waals surface area contributed by atoms with Gasteiger partial charge in [-0.2, -0.15) is 35.4 Å². The van der Waals surface area contributed by atoms with Crippen molar-refractivity contribution in [2.45, 2.75) is 66.5 Å². The fourth-order valence-corrected chi connectivity index (χ4v) is 1.89. The van der Waals surface area contributed by atoms with Crippen molar-refractivity contribution >= 4 is 28.1 Å². The Morgan fingerprint density at radius 3 is 1.17 bits per heavy atom. The van der Waals surface area contributed by atoms with Crippen molar-refractivity contribution in [1.29, 1.82) is 0 Å². The molecule has 0 saturated heterocycles. The van der Waals surface area contributed by atoms with E-state index in [0.717, 1.165) is 9.52 Å². The number of hydrogen-bond acceptors (Lipinski definition) is 0. The van der Waals surface area contributed by atoms with Gasteiger partial charge in [-0.05, 0) is 11.8 Å². The Balaban J connectivity index is 0. The molecule has 4 heteroatoms. The van der Waals surface area contributed by atoms with Gasteiger partial charge in [-0.15, -0.1) is 0 Å². The Morgan fingerprint density at radius 2 is 1.08 bits per heavy atom. The standard InChI is InChI=1S/2C9H13.C2H7Si.2ClH.Ti/c2*1-7(2)9-5-4-8(3)6-9;1-3-2;;;/h2*4-7H,1-3H3;3H,1-2H3;2*1H;/q2*-1;;;;+2/p-2. The molecular formula is C20H33Cl2SiTi-2. The molecule has 0 saturated carbocycles. The van der Waals surface area contributed by atoms with Crippen LogP contribution < -0.4 is 0 Å². The Bertz CT molecular complexity index is 455. The maximum absolute atomic E-state index is 4.89. The molecule has 0 unspecified atom stereocenters. The van der Waals surface area contributed by atoms with E-state index in [4.69, 9.17) is 18.6 Å². The van der Waals surface area contributed by atoms with Gasteiger partial charge in [-0.3, -0.25) is 0 Å². The van der Waals surface area contributed by atoms with E-state index < -0.39 is 17.0 Å². The third-order valence-electron chi connectivity index (χ3n) is 3.20. The van der Waals surface area contributed by atoms with Gasteiger partial charge in [-0.1, -0.05) is 54.6 Å². The zero-order chi connectivity index (χ0) is 19.1. The molecule has 2 rings (SSSR count). The van der Waals surface area contributed by atoms with Crippen molar-refractivity contribution in [3.63, 3.8) is 0 Å². The Hall–Kier alpha value is 0.211. The summed E-state index contributed by atoms with van der Waals surface area (Å²) in [7, 11) is 10.5. The van der Waals surface area contributed by atoms with Crippen molar-refractivity contribution in [3.8, 4) is 0 Å². The van der Waals surface area contributed by atoms with Gasteiger partial charge in [-0.25, -0.2) is 23.3 Å². The van der Waals surface area contributed by atoms with E-state index >= 15 is 0 Å². The SMILES string of the molecule is C[SiH]C.Cc1c[cH-]c(C(C)C)c1.Cc1c[cH-]c(C(C)C)c1.[Cl][Ti][Cl]. The van der Waals surface area contributed by atoms with Crippen molar-refractivity contribution in [2.75, 3.05) is 0 Å². The Labute approximate surface area is 169 Å². The second kappa shape index (κ2) is 16.7. The van der Waals surface area contributed by atoms with Crippen LogP contribution in [0.2, 0.25) is 13.1 Å². The van der Waals surface area contributed by atoms with Crippen LogP contribution in [0.15, 0.2) is 36.4 Å². The first-order valence-electron chi connectivity index (χ1n) is 8.40. The third-order valence-corrected chi connectivity index (χ3v) is 3.20. The van der Waals surface area contributed by atoms with Gasteiger partial charge in [0.05, 0.1) is 0 Å². The summed E-state index contributed by atoms with van der Waals surface area (Å²) in [6.07, 6.45) is 0. The van der Waals surface area contributed by atoms with Crippen molar-refractivity contribution < 1.29 is 17.0 Å². The van der Waals surface area contributed by atoms with Gasteiger partial charge >= 0.3 is 35.6 Å². The van der Waals surface area contributed by atoms with Gasteiger partial charge in [0.25, 0.3) is 0 Å². The molecule has 1 radical (unpaired) electrons. The Morgan fingerprint density at radius 1 is 0.833 bits per heavy atom. The van der Waals surface area contributed by atoms with Gasteiger partial charge in [0.1, 0.15) is 0 Å². The third kappa shape index (κ3) is 14.5. The molecule has 137 valence electrons. The molecule has 0 spiro atoms. The van der Waals surface area contributed by atoms with Gasteiger partial charge in [0, 0.05) is 9.52 Å². The minimum absolute atomic E-state index is 0.556. The van der Waals surface area contributed by atoms with E-state index in [0.29, 0.717) is 11.8 Å². The second-order valence-corrected chi connectivity index (χ2v) is 10.1. The average Bonchev–Trinajstić information content (AvgIpc) is 3.10. The van der Waals surface area contributed by atoms with Gasteiger partial charge in [0.15, 0.2) is 0 Å². The average molecular weight is 420 g/mol. The van der Waals surface area contributed by atoms with Gasteiger partial charge < -0.3 is 0 Å². The summed E-state index contributed by atoms with van der Waals surface area (Å²) in [6, 6.07) is 13.2. The second-order valence-electron chi connectivity index (χ2n) is 6.40. The number of aryl methyl sites for hydroxylation is 2. The molecule has 0 nitrogen and oxygen atoms in total. The van der Waals surface area contributed by atoms with Crippen molar-refractivity contribution in [2.24, 2.45) is 0 Å². The molecule has 0 fully saturated rings. The first-order valence-corrected chi connectivity index (χ1v) is 15.0. The molecule has 0 N–H and O–H groups in total. The molecule has 0 amide bonds. The maximum atomic E-state index is 4.89. The molecule has 24 heavy (non-hydrogen) atoms. The zero-order valence-corrected chi connectivity index (χ0v) is 20.7. The quantitative estimate of drug-likeness (QED) is 0.347. The predicted octanol–water partition coefficient (Wildman–Crippen LogP) is 7.57. The monoisotopic (exact) mass is 419 g/mol. The molecule has 0 heterocycles. The number of rotatable bonds is 2. The molecule has 0 aromatic heterocycles. The minimum atomic E-state index is -0.556. The van der Waals surface area contributed by atoms with Crippen LogP contribution in [0.4, 0.5) is 0 Å². The van der Waals surface area contributed by atoms with Crippen LogP contribution >= 0.6 is 18.6 Å². The van der Waals surface area contributed by atoms with E-state index in [1.165, 1.54) is 22.3 Å². The van der Waals surface area contributed by atoms with Crippen molar-refractivity contribution in [1.82, 2.24) is 0 Å². The Kier molecular flexibility index (Phi) is 18.4. The van der Waals surface area contributed by atoms with E-state index in [2.05, 4.69) is 91.0 Å². The molecule has 2 aromatic carbocycles. The molecule has 0 aliphatic carbocycles. The molecular weight excluding hydrogens is 387 g/mol. The molecule has 0 atom stereocenters. The fourth-order valence-electron chi connectivity index (χ4n) is 1.89. The van der Waals surface area contributed by atoms with E-state index in [1.807, 2.05) is 0 Å². The molecule has 0 aliphatic heterocycles. The van der Waals surface area contributed by atoms with Crippen LogP contribution in [-0.2, 0) is 17.0 Å². The predicted molar refractivity (Wildman–Crippen MR) is 112 cm³/mol. The van der Waals surface area contributed by atoms with E-state index in [9.17, 15) is 0 Å².